The van der Waals surface area contributed by atoms with Crippen molar-refractivity contribution < 1.29 is 48.1 Å². The topological polar surface area (TPSA) is 118 Å². The summed E-state index contributed by atoms with van der Waals surface area (Å²) in [6, 6.07) is 15.5. The van der Waals surface area contributed by atoms with Gasteiger partial charge in [-0.3, -0.25) is 0 Å². The molecule has 10 nitrogen and oxygen atoms in total. The predicted molar refractivity (Wildman–Crippen MR) is 166 cm³/mol. The Morgan fingerprint density at radius 3 is 1.55 bits per heavy atom. The molecule has 0 bridgehead atoms. The lowest BCUT2D eigenvalue weighted by Crippen LogP contribution is -2.30. The lowest BCUT2D eigenvalue weighted by Gasteiger charge is -2.19. The van der Waals surface area contributed by atoms with Gasteiger partial charge in [0.25, 0.3) is 0 Å². The molecule has 0 aliphatic carbocycles. The third kappa shape index (κ3) is 20.6. The highest BCUT2D eigenvalue weighted by molar-refractivity contribution is 5.27. The molecular formula is C32H56O10. The minimum atomic E-state index is -0.932. The van der Waals surface area contributed by atoms with Crippen LogP contribution in [-0.4, -0.2) is 109 Å². The van der Waals surface area contributed by atoms with E-state index in [-0.39, 0.29) is 34.2 Å². The van der Waals surface area contributed by atoms with Crippen LogP contribution in [0.3, 0.4) is 0 Å². The molecule has 0 aromatic heterocycles. The van der Waals surface area contributed by atoms with Crippen molar-refractivity contribution in [3.05, 3.63) is 59.7 Å². The highest BCUT2D eigenvalue weighted by Gasteiger charge is 2.33. The molecule has 0 radical (unpaired) electrons. The van der Waals surface area contributed by atoms with Gasteiger partial charge in [-0.25, -0.2) is 0 Å². The molecule has 244 valence electrons. The van der Waals surface area contributed by atoms with Crippen LogP contribution < -0.4 is 9.47 Å². The van der Waals surface area contributed by atoms with E-state index >= 15 is 0 Å². The molecule has 42 heavy (non-hydrogen) atoms. The van der Waals surface area contributed by atoms with Gasteiger partial charge in [0.15, 0.2) is 6.29 Å². The molecule has 10 heteroatoms. The van der Waals surface area contributed by atoms with Gasteiger partial charge in [0.1, 0.15) is 43.0 Å². The van der Waals surface area contributed by atoms with Crippen LogP contribution in [0, 0.1) is 13.8 Å². The number of aliphatic hydroxyl groups is 2. The Kier molecular flexibility index (Phi) is 25.2. The minimum absolute atomic E-state index is 0. The third-order valence-corrected chi connectivity index (χ3v) is 5.55. The lowest BCUT2D eigenvalue weighted by atomic mass is 10.2. The van der Waals surface area contributed by atoms with Gasteiger partial charge in [0, 0.05) is 28.4 Å². The van der Waals surface area contributed by atoms with E-state index in [4.69, 9.17) is 37.9 Å². The fourth-order valence-electron chi connectivity index (χ4n) is 3.08. The summed E-state index contributed by atoms with van der Waals surface area (Å²) in [6.07, 6.45) is -0.916. The number of benzene rings is 2. The van der Waals surface area contributed by atoms with Crippen LogP contribution in [0.1, 0.15) is 32.9 Å². The molecule has 0 saturated carbocycles. The monoisotopic (exact) mass is 600 g/mol. The van der Waals surface area contributed by atoms with Crippen molar-refractivity contribution in [2.75, 3.05) is 68.1 Å². The van der Waals surface area contributed by atoms with Gasteiger partial charge in [-0.05, 0) is 45.0 Å². The Morgan fingerprint density at radius 2 is 1.17 bits per heavy atom. The summed E-state index contributed by atoms with van der Waals surface area (Å²) in [7, 11) is 6.25. The molecule has 1 fully saturated rings. The first-order valence-corrected chi connectivity index (χ1v) is 13.2. The lowest BCUT2D eigenvalue weighted by molar-refractivity contribution is -0.143. The van der Waals surface area contributed by atoms with Crippen LogP contribution in [0.5, 0.6) is 11.5 Å². The van der Waals surface area contributed by atoms with Crippen molar-refractivity contribution in [1.29, 1.82) is 0 Å². The van der Waals surface area contributed by atoms with E-state index in [2.05, 4.69) is 0 Å². The molecule has 1 aliphatic heterocycles. The zero-order chi connectivity index (χ0) is 29.8. The first kappa shape index (κ1) is 41.9. The van der Waals surface area contributed by atoms with Gasteiger partial charge in [-0.15, -0.1) is 0 Å². The van der Waals surface area contributed by atoms with E-state index in [1.165, 1.54) is 18.2 Å². The van der Waals surface area contributed by atoms with Crippen LogP contribution in [0.15, 0.2) is 48.5 Å². The number of rotatable bonds is 16. The van der Waals surface area contributed by atoms with E-state index in [0.717, 1.165) is 18.1 Å². The molecule has 1 aliphatic rings. The smallest absolute Gasteiger partial charge is 0.177 e. The predicted octanol–water partition coefficient (Wildman–Crippen LogP) is 4.44. The molecule has 2 aromatic rings. The van der Waals surface area contributed by atoms with Crippen LogP contribution in [0.4, 0.5) is 0 Å². The van der Waals surface area contributed by atoms with E-state index in [9.17, 15) is 10.2 Å². The number of hydrogen-bond donors (Lipinski definition) is 2. The second kappa shape index (κ2) is 25.2. The Labute approximate surface area is 253 Å². The second-order valence-electron chi connectivity index (χ2n) is 9.29. The number of aliphatic hydroxyl groups excluding tert-OH is 2. The van der Waals surface area contributed by atoms with Crippen molar-refractivity contribution in [2.45, 2.75) is 66.3 Å². The van der Waals surface area contributed by atoms with Gasteiger partial charge >= 0.3 is 0 Å². The Morgan fingerprint density at radius 1 is 0.690 bits per heavy atom. The molecular weight excluding hydrogens is 544 g/mol. The Bertz CT molecular complexity index is 863. The van der Waals surface area contributed by atoms with Crippen molar-refractivity contribution in [3.63, 3.8) is 0 Å². The van der Waals surface area contributed by atoms with Crippen LogP contribution in [-0.2, 0) is 28.4 Å². The fourth-order valence-corrected chi connectivity index (χ4v) is 3.08. The zero-order valence-electron chi connectivity index (χ0n) is 24.9. The fraction of sp³-hybridized carbons (Fsp3) is 0.625. The summed E-state index contributed by atoms with van der Waals surface area (Å²) >= 11 is 0. The summed E-state index contributed by atoms with van der Waals surface area (Å²) in [6.45, 7) is 8.22. The van der Waals surface area contributed by atoms with Gasteiger partial charge in [-0.1, -0.05) is 50.2 Å². The highest BCUT2D eigenvalue weighted by atomic mass is 16.6. The number of ether oxygens (including phenoxy) is 8. The maximum atomic E-state index is 9.32. The summed E-state index contributed by atoms with van der Waals surface area (Å²) in [4.78, 5) is 0. The maximum absolute atomic E-state index is 9.32. The molecule has 1 saturated heterocycles. The second-order valence-corrected chi connectivity index (χ2v) is 9.29. The Hall–Kier alpha value is -2.28. The molecule has 3 rings (SSSR count). The molecule has 2 aromatic carbocycles. The largest absolute Gasteiger partial charge is 0.491 e. The van der Waals surface area contributed by atoms with Crippen molar-refractivity contribution in [1.82, 2.24) is 0 Å². The van der Waals surface area contributed by atoms with Gasteiger partial charge in [0.05, 0.1) is 32.5 Å². The Balaban J connectivity index is 0. The minimum Gasteiger partial charge on any atom is -0.491 e. The van der Waals surface area contributed by atoms with E-state index in [1.54, 1.807) is 21.3 Å². The number of hydrogen-bond acceptors (Lipinski definition) is 10. The van der Waals surface area contributed by atoms with E-state index in [1.807, 2.05) is 69.3 Å². The molecule has 0 amide bonds. The third-order valence-electron chi connectivity index (χ3n) is 5.55. The number of aryl methyl sites for hydroxylation is 2. The zero-order valence-corrected chi connectivity index (χ0v) is 24.9. The molecule has 1 heterocycles. The summed E-state index contributed by atoms with van der Waals surface area (Å²) in [5, 5.41) is 18.6. The highest BCUT2D eigenvalue weighted by Crippen LogP contribution is 2.20. The normalized spacial score (nSPS) is 17.0. The van der Waals surface area contributed by atoms with Crippen LogP contribution in [0.25, 0.3) is 0 Å². The summed E-state index contributed by atoms with van der Waals surface area (Å²) < 4.78 is 40.8. The summed E-state index contributed by atoms with van der Waals surface area (Å²) in [5.41, 5.74) is 2.37. The number of methoxy groups -OCH3 is 4. The molecule has 5 unspecified atom stereocenters. The number of epoxide rings is 1. The average Bonchev–Trinajstić information content (AvgIpc) is 3.65. The van der Waals surface area contributed by atoms with Crippen molar-refractivity contribution >= 4 is 0 Å². The maximum Gasteiger partial charge on any atom is 0.177 e. The standard InChI is InChI=1S/C14H22O5.C11H16O3.C5H10O2.2CH4/c1-11-4-6-12(7-5-11)18-9-13(8-16-2)19-10-14(15)17-3;1-9-3-5-11(6-4-9)14-8-10(12)7-13-2;1-4-5(7-4)3-6-2;;/h4-7,13-15H,8-10H2,1-3H3;3-6,10,12H,7-8H2,1-2H3;4-5H,3H2,1-2H3;2*1H4. The van der Waals surface area contributed by atoms with Crippen LogP contribution >= 0.6 is 0 Å². The van der Waals surface area contributed by atoms with E-state index in [0.29, 0.717) is 32.0 Å². The van der Waals surface area contributed by atoms with Crippen LogP contribution in [0.2, 0.25) is 0 Å². The molecule has 0 spiro atoms. The first-order chi connectivity index (χ1) is 19.2. The average molecular weight is 601 g/mol. The van der Waals surface area contributed by atoms with Crippen molar-refractivity contribution in [2.24, 2.45) is 0 Å². The SMILES string of the molecule is C.C.COCC(COc1ccc(C)cc1)OCC(O)OC.COCC(O)COc1ccc(C)cc1.COCC1OC1C. The first-order valence-electron chi connectivity index (χ1n) is 13.2. The van der Waals surface area contributed by atoms with Crippen molar-refractivity contribution in [3.8, 4) is 11.5 Å². The molecule has 5 atom stereocenters. The van der Waals surface area contributed by atoms with Gasteiger partial charge in [-0.2, -0.15) is 0 Å². The summed E-state index contributed by atoms with van der Waals surface area (Å²) in [5.74, 6) is 1.55. The quantitative estimate of drug-likeness (QED) is 0.211. The van der Waals surface area contributed by atoms with E-state index < -0.39 is 12.4 Å². The van der Waals surface area contributed by atoms with Gasteiger partial charge < -0.3 is 48.1 Å². The van der Waals surface area contributed by atoms with Gasteiger partial charge in [0.2, 0.25) is 0 Å². The molecule has 2 N–H and O–H groups in total.